The lowest BCUT2D eigenvalue weighted by molar-refractivity contribution is -0.146. The lowest BCUT2D eigenvalue weighted by Crippen LogP contribution is -2.47. The first-order valence-corrected chi connectivity index (χ1v) is 11.9. The molecule has 0 radical (unpaired) electrons. The van der Waals surface area contributed by atoms with Gasteiger partial charge in [0.1, 0.15) is 0 Å². The Kier molecular flexibility index (Phi) is 7.35. The Morgan fingerprint density at radius 1 is 0.600 bits per heavy atom. The summed E-state index contributed by atoms with van der Waals surface area (Å²) in [6, 6.07) is -0.520. The number of amides is 2. The van der Waals surface area contributed by atoms with E-state index in [4.69, 9.17) is 0 Å². The smallest absolute Gasteiger partial charge is 0.226 e. The van der Waals surface area contributed by atoms with Crippen LogP contribution < -0.4 is 0 Å². The van der Waals surface area contributed by atoms with Crippen molar-refractivity contribution >= 4 is 23.4 Å². The maximum absolute atomic E-state index is 13.1. The van der Waals surface area contributed by atoms with Crippen LogP contribution in [0.2, 0.25) is 0 Å². The lowest BCUT2D eigenvalue weighted by Gasteiger charge is -2.35. The van der Waals surface area contributed by atoms with Crippen LogP contribution in [0.4, 0.5) is 0 Å². The van der Waals surface area contributed by atoms with Crippen molar-refractivity contribution in [2.75, 3.05) is 13.1 Å². The molecule has 0 N–H and O–H groups in total. The van der Waals surface area contributed by atoms with Gasteiger partial charge in [0.05, 0.1) is 12.1 Å². The van der Waals surface area contributed by atoms with Gasteiger partial charge in [-0.1, -0.05) is 27.7 Å². The fraction of sp³-hybridized carbons (Fsp3) is 0.833. The SMILES string of the molecule is CC(C)C(=O)[C@@H]1CCCN1C(=O)[C@H]1CC[C@H](C(=O)N2CCC[C@H]2C(=O)C(C)C)CC1. The van der Waals surface area contributed by atoms with E-state index in [2.05, 4.69) is 0 Å². The molecule has 2 heterocycles. The summed E-state index contributed by atoms with van der Waals surface area (Å²) in [5, 5.41) is 0. The van der Waals surface area contributed by atoms with Gasteiger partial charge in [-0.3, -0.25) is 19.2 Å². The maximum atomic E-state index is 13.1. The molecule has 0 aromatic heterocycles. The Morgan fingerprint density at radius 2 is 0.933 bits per heavy atom. The molecule has 2 aliphatic heterocycles. The molecule has 1 aliphatic carbocycles. The largest absolute Gasteiger partial charge is 0.332 e. The summed E-state index contributed by atoms with van der Waals surface area (Å²) < 4.78 is 0. The van der Waals surface area contributed by atoms with Gasteiger partial charge in [0.2, 0.25) is 11.8 Å². The van der Waals surface area contributed by atoms with E-state index in [1.807, 2.05) is 37.5 Å². The zero-order chi connectivity index (χ0) is 22.0. The standard InChI is InChI=1S/C24H38N2O4/c1-15(2)21(27)19-7-5-13-25(19)23(29)17-9-11-18(12-10-17)24(30)26-14-6-8-20(26)22(28)16(3)4/h15-20H,5-14H2,1-4H3/t17-,18-,19-,20-/m0/s1. The van der Waals surface area contributed by atoms with Crippen LogP contribution in [0.3, 0.4) is 0 Å². The minimum atomic E-state index is -0.260. The number of rotatable bonds is 6. The second-order valence-corrected chi connectivity index (χ2v) is 10.0. The molecule has 3 fully saturated rings. The molecule has 3 rings (SSSR count). The number of carbonyl (C=O) groups excluding carboxylic acids is 4. The molecule has 3 aliphatic rings. The van der Waals surface area contributed by atoms with Crippen LogP contribution in [0.5, 0.6) is 0 Å². The van der Waals surface area contributed by atoms with Crippen molar-refractivity contribution in [2.45, 2.75) is 91.1 Å². The number of hydrogen-bond donors (Lipinski definition) is 0. The molecule has 0 bridgehead atoms. The van der Waals surface area contributed by atoms with Crippen LogP contribution in [0, 0.1) is 23.7 Å². The molecule has 1 saturated carbocycles. The van der Waals surface area contributed by atoms with Crippen LogP contribution in [-0.4, -0.2) is 58.4 Å². The predicted molar refractivity (Wildman–Crippen MR) is 115 cm³/mol. The Morgan fingerprint density at radius 3 is 1.23 bits per heavy atom. The van der Waals surface area contributed by atoms with Gasteiger partial charge in [0.25, 0.3) is 0 Å². The molecule has 2 saturated heterocycles. The molecule has 0 spiro atoms. The van der Waals surface area contributed by atoms with Gasteiger partial charge in [-0.2, -0.15) is 0 Å². The zero-order valence-electron chi connectivity index (χ0n) is 19.1. The van der Waals surface area contributed by atoms with Gasteiger partial charge in [0.15, 0.2) is 11.6 Å². The van der Waals surface area contributed by atoms with Crippen LogP contribution >= 0.6 is 0 Å². The summed E-state index contributed by atoms with van der Waals surface area (Å²) in [6.45, 7) is 8.94. The second kappa shape index (κ2) is 9.61. The molecule has 0 aromatic carbocycles. The average Bonchev–Trinajstić information content (AvgIpc) is 3.41. The van der Waals surface area contributed by atoms with Crippen molar-refractivity contribution < 1.29 is 19.2 Å². The molecule has 30 heavy (non-hydrogen) atoms. The van der Waals surface area contributed by atoms with E-state index < -0.39 is 0 Å². The highest BCUT2D eigenvalue weighted by Gasteiger charge is 2.42. The fourth-order valence-electron chi connectivity index (χ4n) is 5.48. The number of Topliss-reactive ketones (excluding diaryl/α,β-unsaturated/α-hetero) is 2. The maximum Gasteiger partial charge on any atom is 0.226 e. The van der Waals surface area contributed by atoms with E-state index in [-0.39, 0.29) is 59.1 Å². The molecular formula is C24H38N2O4. The first-order chi connectivity index (χ1) is 14.2. The van der Waals surface area contributed by atoms with Crippen LogP contribution in [0.25, 0.3) is 0 Å². The summed E-state index contributed by atoms with van der Waals surface area (Å²) in [6.07, 6.45) is 6.13. The topological polar surface area (TPSA) is 74.8 Å². The lowest BCUT2D eigenvalue weighted by atomic mass is 9.80. The van der Waals surface area contributed by atoms with Gasteiger partial charge >= 0.3 is 0 Å². The summed E-state index contributed by atoms with van der Waals surface area (Å²) in [7, 11) is 0. The first-order valence-electron chi connectivity index (χ1n) is 11.9. The molecule has 6 heteroatoms. The Bertz CT molecular complexity index is 621. The van der Waals surface area contributed by atoms with Crippen LogP contribution in [0.15, 0.2) is 0 Å². The van der Waals surface area contributed by atoms with Crippen molar-refractivity contribution in [1.82, 2.24) is 9.80 Å². The number of hydrogen-bond acceptors (Lipinski definition) is 4. The highest BCUT2D eigenvalue weighted by Crippen LogP contribution is 2.35. The monoisotopic (exact) mass is 418 g/mol. The minimum Gasteiger partial charge on any atom is -0.332 e. The third kappa shape index (κ3) is 4.62. The molecule has 0 unspecified atom stereocenters. The Labute approximate surface area is 180 Å². The number of nitrogens with zero attached hydrogens (tertiary/aromatic N) is 2. The summed E-state index contributed by atoms with van der Waals surface area (Å²) in [5.74, 6) is 0.261. The highest BCUT2D eigenvalue weighted by atomic mass is 16.2. The summed E-state index contributed by atoms with van der Waals surface area (Å²) >= 11 is 0. The van der Waals surface area contributed by atoms with E-state index in [1.54, 1.807) is 0 Å². The van der Waals surface area contributed by atoms with Crippen LogP contribution in [-0.2, 0) is 19.2 Å². The van der Waals surface area contributed by atoms with E-state index in [1.165, 1.54) is 0 Å². The second-order valence-electron chi connectivity index (χ2n) is 10.0. The summed E-state index contributed by atoms with van der Waals surface area (Å²) in [5.41, 5.74) is 0. The fourth-order valence-corrected chi connectivity index (χ4v) is 5.48. The third-order valence-electron chi connectivity index (χ3n) is 7.29. The van der Waals surface area contributed by atoms with Gasteiger partial charge in [0, 0.05) is 36.8 Å². The molecular weight excluding hydrogens is 380 g/mol. The zero-order valence-corrected chi connectivity index (χ0v) is 19.1. The Balaban J connectivity index is 1.56. The van der Waals surface area contributed by atoms with Crippen molar-refractivity contribution in [3.05, 3.63) is 0 Å². The number of ketones is 2. The van der Waals surface area contributed by atoms with E-state index >= 15 is 0 Å². The van der Waals surface area contributed by atoms with E-state index in [0.717, 1.165) is 25.7 Å². The summed E-state index contributed by atoms with van der Waals surface area (Å²) in [4.78, 5) is 54.9. The van der Waals surface area contributed by atoms with Crippen molar-refractivity contribution in [3.8, 4) is 0 Å². The van der Waals surface area contributed by atoms with Crippen LogP contribution in [0.1, 0.15) is 79.1 Å². The van der Waals surface area contributed by atoms with Gasteiger partial charge in [-0.05, 0) is 51.4 Å². The van der Waals surface area contributed by atoms with E-state index in [9.17, 15) is 19.2 Å². The molecule has 6 nitrogen and oxygen atoms in total. The number of carbonyl (C=O) groups is 4. The normalized spacial score (nSPS) is 29.7. The van der Waals surface area contributed by atoms with Crippen molar-refractivity contribution in [2.24, 2.45) is 23.7 Å². The Hall–Kier alpha value is -1.72. The van der Waals surface area contributed by atoms with Gasteiger partial charge in [-0.15, -0.1) is 0 Å². The first kappa shape index (κ1) is 23.0. The molecule has 2 amide bonds. The van der Waals surface area contributed by atoms with Crippen molar-refractivity contribution in [1.29, 1.82) is 0 Å². The average molecular weight is 419 g/mol. The molecule has 168 valence electrons. The quantitative estimate of drug-likeness (QED) is 0.664. The predicted octanol–water partition coefficient (Wildman–Crippen LogP) is 3.23. The van der Waals surface area contributed by atoms with E-state index in [0.29, 0.717) is 38.8 Å². The number of likely N-dealkylation sites (tertiary alicyclic amines) is 2. The van der Waals surface area contributed by atoms with Gasteiger partial charge in [-0.25, -0.2) is 0 Å². The van der Waals surface area contributed by atoms with Gasteiger partial charge < -0.3 is 9.80 Å². The minimum absolute atomic E-state index is 0.0567. The molecule has 0 aromatic rings. The van der Waals surface area contributed by atoms with Crippen molar-refractivity contribution in [3.63, 3.8) is 0 Å². The third-order valence-corrected chi connectivity index (χ3v) is 7.29. The highest BCUT2D eigenvalue weighted by molar-refractivity contribution is 5.92. The molecule has 2 atom stereocenters.